The summed E-state index contributed by atoms with van der Waals surface area (Å²) in [6.07, 6.45) is 6.91. The van der Waals surface area contributed by atoms with Gasteiger partial charge in [0, 0.05) is 47.1 Å². The Kier molecular flexibility index (Phi) is 3.37. The number of fused-ring (bicyclic) bond motifs is 1. The van der Waals surface area contributed by atoms with Crippen LogP contribution in [0.15, 0.2) is 41.6 Å². The van der Waals surface area contributed by atoms with Gasteiger partial charge in [-0.3, -0.25) is 14.6 Å². The maximum Gasteiger partial charge on any atom is 0.256 e. The minimum absolute atomic E-state index is 0.00759. The molecule has 6 heteroatoms. The summed E-state index contributed by atoms with van der Waals surface area (Å²) in [4.78, 5) is 35.5. The molecule has 1 aliphatic carbocycles. The number of H-pyrrole nitrogens is 1. The van der Waals surface area contributed by atoms with Crippen LogP contribution in [-0.2, 0) is 4.79 Å². The Morgan fingerprint density at radius 1 is 1.25 bits per heavy atom. The summed E-state index contributed by atoms with van der Waals surface area (Å²) in [7, 11) is 0. The van der Waals surface area contributed by atoms with Crippen LogP contribution in [0.5, 0.6) is 0 Å². The summed E-state index contributed by atoms with van der Waals surface area (Å²) in [6.45, 7) is 1.94. The van der Waals surface area contributed by atoms with Crippen LogP contribution in [-0.4, -0.2) is 20.9 Å². The lowest BCUT2D eigenvalue weighted by Gasteiger charge is -2.08. The van der Waals surface area contributed by atoms with Gasteiger partial charge in [-0.2, -0.15) is 0 Å². The van der Waals surface area contributed by atoms with Crippen molar-refractivity contribution in [2.45, 2.75) is 19.8 Å². The van der Waals surface area contributed by atoms with Crippen molar-refractivity contribution in [3.05, 3.63) is 52.7 Å². The van der Waals surface area contributed by atoms with Gasteiger partial charge in [-0.05, 0) is 37.5 Å². The van der Waals surface area contributed by atoms with Crippen LogP contribution >= 0.6 is 0 Å². The first-order valence-electron chi connectivity index (χ1n) is 7.87. The van der Waals surface area contributed by atoms with E-state index in [4.69, 9.17) is 0 Å². The third kappa shape index (κ3) is 2.67. The second-order valence-electron chi connectivity index (χ2n) is 6.12. The van der Waals surface area contributed by atoms with Gasteiger partial charge < -0.3 is 10.3 Å². The maximum absolute atomic E-state index is 12.4. The van der Waals surface area contributed by atoms with Gasteiger partial charge in [-0.15, -0.1) is 0 Å². The minimum Gasteiger partial charge on any atom is -0.321 e. The summed E-state index contributed by atoms with van der Waals surface area (Å²) in [5, 5.41) is 3.59. The number of hydrogen-bond donors (Lipinski definition) is 2. The molecule has 2 N–H and O–H groups in total. The quantitative estimate of drug-likeness (QED) is 0.776. The lowest BCUT2D eigenvalue weighted by Crippen LogP contribution is -2.15. The molecule has 3 aromatic rings. The van der Waals surface area contributed by atoms with Gasteiger partial charge in [0.2, 0.25) is 5.91 Å². The number of pyridine rings is 3. The molecule has 0 unspecified atom stereocenters. The van der Waals surface area contributed by atoms with E-state index >= 15 is 0 Å². The van der Waals surface area contributed by atoms with E-state index in [2.05, 4.69) is 20.3 Å². The van der Waals surface area contributed by atoms with E-state index in [1.54, 1.807) is 30.7 Å². The number of aromatic nitrogens is 3. The van der Waals surface area contributed by atoms with Crippen molar-refractivity contribution >= 4 is 22.6 Å². The summed E-state index contributed by atoms with van der Waals surface area (Å²) >= 11 is 0. The first-order chi connectivity index (χ1) is 11.6. The van der Waals surface area contributed by atoms with Gasteiger partial charge >= 0.3 is 0 Å². The molecule has 120 valence electrons. The van der Waals surface area contributed by atoms with Gasteiger partial charge in [0.05, 0.1) is 5.52 Å². The van der Waals surface area contributed by atoms with Crippen LogP contribution < -0.4 is 10.9 Å². The fourth-order valence-corrected chi connectivity index (χ4v) is 2.69. The van der Waals surface area contributed by atoms with E-state index < -0.39 is 0 Å². The van der Waals surface area contributed by atoms with Gasteiger partial charge in [0.25, 0.3) is 5.56 Å². The molecule has 1 saturated carbocycles. The molecule has 0 saturated heterocycles. The molecule has 6 nitrogen and oxygen atoms in total. The standard InChI is InChI=1S/C18H16N4O2/c1-10-4-5-19-9-14(10)13-6-12-8-20-16(7-15(12)21-18(13)24)22-17(23)11-2-3-11/h4-9,11H,2-3H2,1H3,(H,21,24)(H,20,22,23). The smallest absolute Gasteiger partial charge is 0.256 e. The van der Waals surface area contributed by atoms with Crippen LogP contribution in [0.4, 0.5) is 5.82 Å². The van der Waals surface area contributed by atoms with E-state index in [1.165, 1.54) is 0 Å². The van der Waals surface area contributed by atoms with Crippen LogP contribution in [0.1, 0.15) is 18.4 Å². The van der Waals surface area contributed by atoms with Crippen molar-refractivity contribution in [2.75, 3.05) is 5.32 Å². The van der Waals surface area contributed by atoms with E-state index in [-0.39, 0.29) is 17.4 Å². The molecule has 1 fully saturated rings. The normalized spacial score (nSPS) is 13.9. The largest absolute Gasteiger partial charge is 0.321 e. The fraction of sp³-hybridized carbons (Fsp3) is 0.222. The molecule has 1 aliphatic rings. The van der Waals surface area contributed by atoms with Crippen molar-refractivity contribution < 1.29 is 4.79 Å². The van der Waals surface area contributed by atoms with Crippen LogP contribution in [0.25, 0.3) is 22.0 Å². The van der Waals surface area contributed by atoms with E-state index in [0.717, 1.165) is 29.4 Å². The van der Waals surface area contributed by atoms with Gasteiger partial charge in [-0.25, -0.2) is 4.98 Å². The van der Waals surface area contributed by atoms with Crippen molar-refractivity contribution in [1.82, 2.24) is 15.0 Å². The van der Waals surface area contributed by atoms with E-state index in [1.807, 2.05) is 13.0 Å². The number of hydrogen-bond acceptors (Lipinski definition) is 4. The third-order valence-electron chi connectivity index (χ3n) is 4.26. The molecule has 0 spiro atoms. The molecule has 24 heavy (non-hydrogen) atoms. The predicted octanol–water partition coefficient (Wildman–Crippen LogP) is 2.64. The highest BCUT2D eigenvalue weighted by molar-refractivity contribution is 5.95. The molecule has 1 amide bonds. The van der Waals surface area contributed by atoms with Gasteiger partial charge in [0.1, 0.15) is 5.82 Å². The molecule has 0 aromatic carbocycles. The Hall–Kier alpha value is -3.02. The monoisotopic (exact) mass is 320 g/mol. The summed E-state index contributed by atoms with van der Waals surface area (Å²) in [5.74, 6) is 0.560. The Morgan fingerprint density at radius 3 is 2.83 bits per heavy atom. The second kappa shape index (κ2) is 5.56. The van der Waals surface area contributed by atoms with Gasteiger partial charge in [-0.1, -0.05) is 0 Å². The number of aromatic amines is 1. The van der Waals surface area contributed by atoms with Crippen molar-refractivity contribution in [1.29, 1.82) is 0 Å². The number of rotatable bonds is 3. The number of anilines is 1. The van der Waals surface area contributed by atoms with Crippen molar-refractivity contribution in [2.24, 2.45) is 5.92 Å². The van der Waals surface area contributed by atoms with E-state index in [0.29, 0.717) is 16.9 Å². The predicted molar refractivity (Wildman–Crippen MR) is 91.7 cm³/mol. The number of nitrogens with one attached hydrogen (secondary N) is 2. The molecule has 0 bridgehead atoms. The highest BCUT2D eigenvalue weighted by atomic mass is 16.2. The number of amides is 1. The molecule has 0 aliphatic heterocycles. The molecule has 3 heterocycles. The Labute approximate surface area is 138 Å². The fourth-order valence-electron chi connectivity index (χ4n) is 2.69. The number of aryl methyl sites for hydroxylation is 1. The average molecular weight is 320 g/mol. The molecule has 0 atom stereocenters. The minimum atomic E-state index is -0.190. The van der Waals surface area contributed by atoms with E-state index in [9.17, 15) is 9.59 Å². The average Bonchev–Trinajstić information content (AvgIpc) is 3.40. The summed E-state index contributed by atoms with van der Waals surface area (Å²) in [5.41, 5.74) is 2.79. The van der Waals surface area contributed by atoms with Crippen molar-refractivity contribution in [3.63, 3.8) is 0 Å². The van der Waals surface area contributed by atoms with Crippen LogP contribution in [0.2, 0.25) is 0 Å². The summed E-state index contributed by atoms with van der Waals surface area (Å²) in [6, 6.07) is 5.36. The molecule has 4 rings (SSSR count). The zero-order valence-corrected chi connectivity index (χ0v) is 13.2. The first kappa shape index (κ1) is 14.6. The third-order valence-corrected chi connectivity index (χ3v) is 4.26. The number of carbonyl (C=O) groups excluding carboxylic acids is 1. The summed E-state index contributed by atoms with van der Waals surface area (Å²) < 4.78 is 0. The topological polar surface area (TPSA) is 87.7 Å². The lowest BCUT2D eigenvalue weighted by molar-refractivity contribution is -0.117. The van der Waals surface area contributed by atoms with Crippen LogP contribution in [0, 0.1) is 12.8 Å². The Balaban J connectivity index is 1.75. The second-order valence-corrected chi connectivity index (χ2v) is 6.12. The lowest BCUT2D eigenvalue weighted by atomic mass is 10.0. The first-order valence-corrected chi connectivity index (χ1v) is 7.87. The SMILES string of the molecule is Cc1ccncc1-c1cc2cnc(NC(=O)C3CC3)cc2[nH]c1=O. The Bertz CT molecular complexity index is 1010. The van der Waals surface area contributed by atoms with Crippen LogP contribution in [0.3, 0.4) is 0 Å². The van der Waals surface area contributed by atoms with Crippen molar-refractivity contribution in [3.8, 4) is 11.1 Å². The zero-order valence-electron chi connectivity index (χ0n) is 13.2. The molecule has 3 aromatic heterocycles. The molecule has 0 radical (unpaired) electrons. The molecular formula is C18H16N4O2. The number of carbonyl (C=O) groups is 1. The highest BCUT2D eigenvalue weighted by Gasteiger charge is 2.29. The number of nitrogens with zero attached hydrogens (tertiary/aromatic N) is 2. The highest BCUT2D eigenvalue weighted by Crippen LogP contribution is 2.30. The Morgan fingerprint density at radius 2 is 2.08 bits per heavy atom. The zero-order chi connectivity index (χ0) is 16.7. The van der Waals surface area contributed by atoms with Gasteiger partial charge in [0.15, 0.2) is 0 Å². The maximum atomic E-state index is 12.4. The molecular weight excluding hydrogens is 304 g/mol.